The molecule has 1 aromatic rings. The first-order valence-corrected chi connectivity index (χ1v) is 7.32. The zero-order valence-electron chi connectivity index (χ0n) is 9.86. The molecule has 0 spiro atoms. The van der Waals surface area contributed by atoms with Gasteiger partial charge >= 0.3 is 0 Å². The summed E-state index contributed by atoms with van der Waals surface area (Å²) in [4.78, 5) is 4.21. The van der Waals surface area contributed by atoms with Crippen LogP contribution in [-0.2, 0) is 0 Å². The Kier molecular flexibility index (Phi) is 8.48. The van der Waals surface area contributed by atoms with Gasteiger partial charge in [-0.05, 0) is 47.8 Å². The summed E-state index contributed by atoms with van der Waals surface area (Å²) in [6, 6.07) is 5.69. The molecule has 0 saturated carbocycles. The van der Waals surface area contributed by atoms with Crippen LogP contribution in [0.1, 0.15) is 19.3 Å². The highest BCUT2D eigenvalue weighted by atomic mass is 79.9. The molecule has 0 amide bonds. The maximum absolute atomic E-state index is 5.54. The molecule has 0 atom stereocenters. The second-order valence-corrected chi connectivity index (χ2v) is 4.94. The van der Waals surface area contributed by atoms with Crippen LogP contribution in [0.3, 0.4) is 0 Å². The highest BCUT2D eigenvalue weighted by Crippen LogP contribution is 2.12. The number of nitrogens with one attached hydrogen (secondary N) is 1. The van der Waals surface area contributed by atoms with Gasteiger partial charge in [-0.15, -0.1) is 0 Å². The fourth-order valence-corrected chi connectivity index (χ4v) is 1.87. The van der Waals surface area contributed by atoms with E-state index in [0.717, 1.165) is 36.5 Å². The van der Waals surface area contributed by atoms with E-state index < -0.39 is 0 Å². The second kappa shape index (κ2) is 9.74. The summed E-state index contributed by atoms with van der Waals surface area (Å²) in [5.74, 6) is 1.59. The van der Waals surface area contributed by atoms with Crippen LogP contribution in [0.4, 0.5) is 0 Å². The average Bonchev–Trinajstić information content (AvgIpc) is 2.33. The van der Waals surface area contributed by atoms with Crippen LogP contribution in [-0.4, -0.2) is 30.4 Å². The molecule has 0 aliphatic carbocycles. The fourth-order valence-electron chi connectivity index (χ4n) is 1.38. The molecule has 0 saturated heterocycles. The van der Waals surface area contributed by atoms with Crippen molar-refractivity contribution in [3.8, 4) is 5.88 Å². The minimum atomic E-state index is 0.688. The third-order valence-corrected chi connectivity index (χ3v) is 2.89. The van der Waals surface area contributed by atoms with Crippen molar-refractivity contribution < 1.29 is 4.74 Å². The Morgan fingerprint density at radius 1 is 1.24 bits per heavy atom. The number of hydrogen-bond acceptors (Lipinski definition) is 4. The summed E-state index contributed by atoms with van der Waals surface area (Å²) in [5.41, 5.74) is 0. The second-order valence-electron chi connectivity index (χ2n) is 3.68. The predicted molar refractivity (Wildman–Crippen MR) is 78.0 cm³/mol. The zero-order valence-corrected chi connectivity index (χ0v) is 12.3. The van der Waals surface area contributed by atoms with E-state index >= 15 is 0 Å². The van der Waals surface area contributed by atoms with Crippen LogP contribution in [0.2, 0.25) is 0 Å². The molecule has 1 rings (SSSR count). The van der Waals surface area contributed by atoms with E-state index in [1.54, 1.807) is 0 Å². The monoisotopic (exact) mass is 318 g/mol. The van der Waals surface area contributed by atoms with Crippen molar-refractivity contribution >= 4 is 28.6 Å². The van der Waals surface area contributed by atoms with Gasteiger partial charge in [0.25, 0.3) is 0 Å². The molecule has 0 fully saturated rings. The lowest BCUT2D eigenvalue weighted by Crippen LogP contribution is -2.17. The molecule has 1 aromatic heterocycles. The summed E-state index contributed by atoms with van der Waals surface area (Å²) in [5, 5.41) is 3.32. The number of rotatable bonds is 9. The molecule has 1 N–H and O–H groups in total. The Morgan fingerprint density at radius 2 is 2.12 bits per heavy atom. The summed E-state index contributed by atoms with van der Waals surface area (Å²) >= 11 is 7.45. The van der Waals surface area contributed by atoms with Gasteiger partial charge in [0, 0.05) is 18.4 Å². The number of unbranched alkanes of at least 4 members (excludes halogenated alkanes) is 2. The highest BCUT2D eigenvalue weighted by Gasteiger charge is 1.96. The largest absolute Gasteiger partial charge is 0.478 e. The first-order valence-electron chi connectivity index (χ1n) is 5.90. The van der Waals surface area contributed by atoms with Crippen LogP contribution in [0.15, 0.2) is 22.8 Å². The summed E-state index contributed by atoms with van der Waals surface area (Å²) < 4.78 is 6.35. The smallest absolute Gasteiger partial charge is 0.214 e. The van der Waals surface area contributed by atoms with Gasteiger partial charge in [-0.25, -0.2) is 4.98 Å². The standard InChI is InChI=1S/C12H19BrN2OS/c13-11-5-4-6-12(15-11)16-9-3-1-2-7-14-8-10-17/h4-6,14,17H,1-3,7-10H2. The molecule has 0 aromatic carbocycles. The quantitative estimate of drug-likeness (QED) is 0.417. The molecule has 1 heterocycles. The van der Waals surface area contributed by atoms with Crippen LogP contribution >= 0.6 is 28.6 Å². The normalized spacial score (nSPS) is 10.5. The zero-order chi connectivity index (χ0) is 12.3. The van der Waals surface area contributed by atoms with E-state index in [9.17, 15) is 0 Å². The lowest BCUT2D eigenvalue weighted by molar-refractivity contribution is 0.293. The first kappa shape index (κ1) is 14.8. The summed E-state index contributed by atoms with van der Waals surface area (Å²) in [6.45, 7) is 2.79. The molecule has 0 aliphatic rings. The van der Waals surface area contributed by atoms with Gasteiger partial charge in [0.1, 0.15) is 4.60 Å². The average molecular weight is 319 g/mol. The molecular weight excluding hydrogens is 300 g/mol. The molecule has 0 unspecified atom stereocenters. The van der Waals surface area contributed by atoms with E-state index in [1.165, 1.54) is 12.8 Å². The van der Waals surface area contributed by atoms with Gasteiger partial charge in [-0.3, -0.25) is 0 Å². The topological polar surface area (TPSA) is 34.1 Å². The van der Waals surface area contributed by atoms with Gasteiger partial charge < -0.3 is 10.1 Å². The molecular formula is C12H19BrN2OS. The Morgan fingerprint density at radius 3 is 2.88 bits per heavy atom. The van der Waals surface area contributed by atoms with Crippen molar-refractivity contribution in [2.24, 2.45) is 0 Å². The van der Waals surface area contributed by atoms with Gasteiger partial charge in [0.2, 0.25) is 5.88 Å². The van der Waals surface area contributed by atoms with Crippen molar-refractivity contribution in [3.05, 3.63) is 22.8 Å². The van der Waals surface area contributed by atoms with E-state index in [0.29, 0.717) is 5.88 Å². The summed E-state index contributed by atoms with van der Waals surface area (Å²) in [7, 11) is 0. The van der Waals surface area contributed by atoms with E-state index in [4.69, 9.17) is 4.74 Å². The maximum Gasteiger partial charge on any atom is 0.214 e. The lowest BCUT2D eigenvalue weighted by Gasteiger charge is -2.05. The van der Waals surface area contributed by atoms with Crippen LogP contribution in [0, 0.1) is 0 Å². The van der Waals surface area contributed by atoms with Crippen LogP contribution in [0.5, 0.6) is 5.88 Å². The molecule has 0 radical (unpaired) electrons. The minimum absolute atomic E-state index is 0.688. The van der Waals surface area contributed by atoms with Crippen LogP contribution < -0.4 is 10.1 Å². The van der Waals surface area contributed by atoms with Crippen molar-refractivity contribution in [3.63, 3.8) is 0 Å². The SMILES string of the molecule is SCCNCCCCCOc1cccc(Br)n1. The van der Waals surface area contributed by atoms with Crippen molar-refractivity contribution in [1.29, 1.82) is 0 Å². The van der Waals surface area contributed by atoms with Gasteiger partial charge in [-0.1, -0.05) is 6.07 Å². The molecule has 17 heavy (non-hydrogen) atoms. The maximum atomic E-state index is 5.54. The van der Waals surface area contributed by atoms with Crippen LogP contribution in [0.25, 0.3) is 0 Å². The number of hydrogen-bond donors (Lipinski definition) is 2. The highest BCUT2D eigenvalue weighted by molar-refractivity contribution is 9.10. The van der Waals surface area contributed by atoms with Crippen molar-refractivity contribution in [2.75, 3.05) is 25.4 Å². The molecule has 5 heteroatoms. The molecule has 0 bridgehead atoms. The van der Waals surface area contributed by atoms with Crippen molar-refractivity contribution in [2.45, 2.75) is 19.3 Å². The number of pyridine rings is 1. The Labute approximate surface area is 117 Å². The summed E-state index contributed by atoms with van der Waals surface area (Å²) in [6.07, 6.45) is 3.42. The Bertz CT molecular complexity index is 312. The fraction of sp³-hybridized carbons (Fsp3) is 0.583. The molecule has 0 aliphatic heterocycles. The predicted octanol–water partition coefficient (Wildman–Crippen LogP) is 2.91. The molecule has 96 valence electrons. The van der Waals surface area contributed by atoms with E-state index in [1.807, 2.05) is 18.2 Å². The Balaban J connectivity index is 1.97. The first-order chi connectivity index (χ1) is 8.33. The Hall–Kier alpha value is -0.260. The third kappa shape index (κ3) is 7.63. The number of ether oxygens (including phenoxy) is 1. The number of halogens is 1. The van der Waals surface area contributed by atoms with Gasteiger partial charge in [-0.2, -0.15) is 12.6 Å². The number of nitrogens with zero attached hydrogens (tertiary/aromatic N) is 1. The van der Waals surface area contributed by atoms with E-state index in [-0.39, 0.29) is 0 Å². The molecule has 3 nitrogen and oxygen atoms in total. The minimum Gasteiger partial charge on any atom is -0.478 e. The van der Waals surface area contributed by atoms with Crippen molar-refractivity contribution in [1.82, 2.24) is 10.3 Å². The van der Waals surface area contributed by atoms with Gasteiger partial charge in [0.15, 0.2) is 0 Å². The van der Waals surface area contributed by atoms with E-state index in [2.05, 4.69) is 38.9 Å². The lowest BCUT2D eigenvalue weighted by atomic mass is 10.2. The van der Waals surface area contributed by atoms with Gasteiger partial charge in [0.05, 0.1) is 6.61 Å². The third-order valence-electron chi connectivity index (χ3n) is 2.23. The number of thiol groups is 1. The number of aromatic nitrogens is 1.